The minimum absolute atomic E-state index is 0.0553. The highest BCUT2D eigenvalue weighted by atomic mass is 32.2. The van der Waals surface area contributed by atoms with E-state index in [1.807, 2.05) is 35.7 Å². The molecule has 0 spiro atoms. The number of aromatic nitrogens is 3. The lowest BCUT2D eigenvalue weighted by atomic mass is 10.2. The maximum absolute atomic E-state index is 6.12. The zero-order valence-corrected chi connectivity index (χ0v) is 12.1. The van der Waals surface area contributed by atoms with Crippen LogP contribution in [0, 0.1) is 0 Å². The Kier molecular flexibility index (Phi) is 3.54. The molecule has 0 amide bonds. The molecule has 3 aromatic heterocycles. The van der Waals surface area contributed by atoms with E-state index in [1.54, 1.807) is 23.1 Å². The molecule has 0 saturated heterocycles. The average molecular weight is 290 g/mol. The monoisotopic (exact) mass is 290 g/mol. The first kappa shape index (κ1) is 12.7. The topological polar surface area (TPSA) is 56.2 Å². The summed E-state index contributed by atoms with van der Waals surface area (Å²) in [6.45, 7) is 2.03. The number of nitrogens with two attached hydrogens (primary N) is 1. The number of thioether (sulfide) groups is 1. The Morgan fingerprint density at radius 1 is 1.26 bits per heavy atom. The van der Waals surface area contributed by atoms with Crippen LogP contribution in [0.4, 0.5) is 0 Å². The van der Waals surface area contributed by atoms with Gasteiger partial charge in [0.1, 0.15) is 0 Å². The van der Waals surface area contributed by atoms with E-state index in [0.29, 0.717) is 0 Å². The molecule has 4 nitrogen and oxygen atoms in total. The molecule has 2 unspecified atom stereocenters. The van der Waals surface area contributed by atoms with Gasteiger partial charge in [0.25, 0.3) is 0 Å². The second-order valence-electron chi connectivity index (χ2n) is 4.32. The summed E-state index contributed by atoms with van der Waals surface area (Å²) in [5.74, 6) is 0. The number of nitrogens with zero attached hydrogens (tertiary/aromatic N) is 3. The largest absolute Gasteiger partial charge is 0.327 e. The molecule has 0 aliphatic heterocycles. The Morgan fingerprint density at radius 2 is 2.16 bits per heavy atom. The molecule has 0 aliphatic carbocycles. The van der Waals surface area contributed by atoms with Crippen molar-refractivity contribution < 1.29 is 0 Å². The van der Waals surface area contributed by atoms with E-state index in [0.717, 1.165) is 10.8 Å². The zero-order valence-electron chi connectivity index (χ0n) is 10.4. The fourth-order valence-corrected chi connectivity index (χ4v) is 4.01. The molecule has 3 aromatic rings. The van der Waals surface area contributed by atoms with Crippen molar-refractivity contribution in [1.82, 2.24) is 14.6 Å². The molecule has 0 radical (unpaired) electrons. The molecule has 2 N–H and O–H groups in total. The highest BCUT2D eigenvalue weighted by molar-refractivity contribution is 7.99. The highest BCUT2D eigenvalue weighted by Crippen LogP contribution is 2.38. The van der Waals surface area contributed by atoms with Crippen LogP contribution >= 0.6 is 23.1 Å². The molecule has 0 bridgehead atoms. The SMILES string of the molecule is CC(N)C(Sc1nnc2ccccn12)c1cccs1. The number of rotatable bonds is 4. The van der Waals surface area contributed by atoms with Crippen LogP contribution in [-0.4, -0.2) is 20.6 Å². The van der Waals surface area contributed by atoms with Crippen molar-refractivity contribution in [3.8, 4) is 0 Å². The van der Waals surface area contributed by atoms with Crippen LogP contribution in [0.2, 0.25) is 0 Å². The summed E-state index contributed by atoms with van der Waals surface area (Å²) in [6.07, 6.45) is 1.98. The highest BCUT2D eigenvalue weighted by Gasteiger charge is 2.21. The number of fused-ring (bicyclic) bond motifs is 1. The first-order valence-corrected chi connectivity index (χ1v) is 7.77. The number of hydrogen-bond donors (Lipinski definition) is 1. The summed E-state index contributed by atoms with van der Waals surface area (Å²) in [6, 6.07) is 10.1. The average Bonchev–Trinajstić information content (AvgIpc) is 3.05. The van der Waals surface area contributed by atoms with Gasteiger partial charge in [0.15, 0.2) is 10.8 Å². The number of pyridine rings is 1. The predicted molar refractivity (Wildman–Crippen MR) is 79.6 cm³/mol. The van der Waals surface area contributed by atoms with Crippen molar-refractivity contribution in [2.24, 2.45) is 5.73 Å². The van der Waals surface area contributed by atoms with Crippen molar-refractivity contribution in [3.05, 3.63) is 46.8 Å². The van der Waals surface area contributed by atoms with Gasteiger partial charge in [-0.25, -0.2) is 0 Å². The van der Waals surface area contributed by atoms with Crippen molar-refractivity contribution in [2.75, 3.05) is 0 Å². The minimum Gasteiger partial charge on any atom is -0.327 e. The minimum atomic E-state index is 0.0553. The van der Waals surface area contributed by atoms with Gasteiger partial charge in [-0.1, -0.05) is 23.9 Å². The molecule has 0 aromatic carbocycles. The third-order valence-corrected chi connectivity index (χ3v) is 5.35. The molecule has 3 heterocycles. The summed E-state index contributed by atoms with van der Waals surface area (Å²) in [4.78, 5) is 1.27. The Balaban J connectivity index is 1.94. The quantitative estimate of drug-likeness (QED) is 0.751. The molecule has 0 fully saturated rings. The van der Waals surface area contributed by atoms with E-state index in [4.69, 9.17) is 5.73 Å². The molecule has 3 rings (SSSR count). The van der Waals surface area contributed by atoms with Crippen molar-refractivity contribution >= 4 is 28.7 Å². The van der Waals surface area contributed by atoms with Crippen LogP contribution in [0.1, 0.15) is 17.1 Å². The van der Waals surface area contributed by atoms with E-state index in [-0.39, 0.29) is 11.3 Å². The Hall–Kier alpha value is -1.37. The van der Waals surface area contributed by atoms with Crippen LogP contribution < -0.4 is 5.73 Å². The van der Waals surface area contributed by atoms with Gasteiger partial charge >= 0.3 is 0 Å². The van der Waals surface area contributed by atoms with E-state index in [1.165, 1.54) is 4.88 Å². The fraction of sp³-hybridized carbons (Fsp3) is 0.231. The molecule has 19 heavy (non-hydrogen) atoms. The van der Waals surface area contributed by atoms with Gasteiger partial charge in [0.05, 0.1) is 5.25 Å². The molecular weight excluding hydrogens is 276 g/mol. The van der Waals surface area contributed by atoms with E-state index >= 15 is 0 Å². The predicted octanol–water partition coefficient (Wildman–Crippen LogP) is 2.97. The van der Waals surface area contributed by atoms with Gasteiger partial charge in [-0.2, -0.15) is 0 Å². The lowest BCUT2D eigenvalue weighted by Crippen LogP contribution is -2.22. The fourth-order valence-electron chi connectivity index (χ4n) is 1.89. The lowest BCUT2D eigenvalue weighted by molar-refractivity contribution is 0.725. The summed E-state index contributed by atoms with van der Waals surface area (Å²) in [5, 5.41) is 11.6. The summed E-state index contributed by atoms with van der Waals surface area (Å²) < 4.78 is 1.99. The molecule has 6 heteroatoms. The third-order valence-electron chi connectivity index (χ3n) is 2.82. The first-order chi connectivity index (χ1) is 9.25. The molecule has 0 aliphatic rings. The van der Waals surface area contributed by atoms with Gasteiger partial charge in [-0.3, -0.25) is 4.40 Å². The van der Waals surface area contributed by atoms with Crippen LogP contribution in [0.3, 0.4) is 0 Å². The zero-order chi connectivity index (χ0) is 13.2. The standard InChI is InChI=1S/C13H14N4S2/c1-9(14)12(10-5-4-8-18-10)19-13-16-15-11-6-2-3-7-17(11)13/h2-9,12H,14H2,1H3. The van der Waals surface area contributed by atoms with Gasteiger partial charge in [-0.05, 0) is 30.5 Å². The molecule has 2 atom stereocenters. The smallest absolute Gasteiger partial charge is 0.196 e. The Morgan fingerprint density at radius 3 is 2.89 bits per heavy atom. The normalized spacial score (nSPS) is 14.6. The van der Waals surface area contributed by atoms with Crippen LogP contribution in [-0.2, 0) is 0 Å². The second-order valence-corrected chi connectivity index (χ2v) is 6.41. The van der Waals surface area contributed by atoms with Crippen LogP contribution in [0.5, 0.6) is 0 Å². The second kappa shape index (κ2) is 5.32. The summed E-state index contributed by atoms with van der Waals surface area (Å²) in [5.41, 5.74) is 6.98. The maximum atomic E-state index is 6.12. The van der Waals surface area contributed by atoms with Crippen LogP contribution in [0.15, 0.2) is 47.1 Å². The van der Waals surface area contributed by atoms with Gasteiger partial charge in [-0.15, -0.1) is 21.5 Å². The number of thiophene rings is 1. The lowest BCUT2D eigenvalue weighted by Gasteiger charge is -2.17. The summed E-state index contributed by atoms with van der Waals surface area (Å²) in [7, 11) is 0. The first-order valence-electron chi connectivity index (χ1n) is 6.01. The van der Waals surface area contributed by atoms with Gasteiger partial charge < -0.3 is 5.73 Å². The molecular formula is C13H14N4S2. The van der Waals surface area contributed by atoms with Gasteiger partial charge in [0.2, 0.25) is 0 Å². The summed E-state index contributed by atoms with van der Waals surface area (Å²) >= 11 is 3.39. The Bertz CT molecular complexity index is 660. The van der Waals surface area contributed by atoms with E-state index in [9.17, 15) is 0 Å². The van der Waals surface area contributed by atoms with Crippen molar-refractivity contribution in [1.29, 1.82) is 0 Å². The Labute approximate surface area is 119 Å². The molecule has 0 saturated carbocycles. The third kappa shape index (κ3) is 2.51. The van der Waals surface area contributed by atoms with E-state index < -0.39 is 0 Å². The maximum Gasteiger partial charge on any atom is 0.196 e. The van der Waals surface area contributed by atoms with Crippen molar-refractivity contribution in [3.63, 3.8) is 0 Å². The van der Waals surface area contributed by atoms with Crippen LogP contribution in [0.25, 0.3) is 5.65 Å². The van der Waals surface area contributed by atoms with E-state index in [2.05, 4.69) is 27.7 Å². The molecule has 98 valence electrons. The van der Waals surface area contributed by atoms with Gasteiger partial charge in [0, 0.05) is 17.1 Å². The number of hydrogen-bond acceptors (Lipinski definition) is 5. The van der Waals surface area contributed by atoms with Crippen molar-refractivity contribution in [2.45, 2.75) is 23.4 Å².